The molecule has 0 unspecified atom stereocenters. The zero-order valence-electron chi connectivity index (χ0n) is 13.0. The SMILES string of the molecule is CCN1CCC[C@@H]1CNC(=O)C(=O)Nc1ccc(C)cc1Br. The fourth-order valence-corrected chi connectivity index (χ4v) is 3.33. The molecule has 2 N–H and O–H groups in total. The zero-order chi connectivity index (χ0) is 16.1. The fraction of sp³-hybridized carbons (Fsp3) is 0.500. The third kappa shape index (κ3) is 4.30. The molecule has 1 aromatic carbocycles. The molecule has 120 valence electrons. The molecule has 0 spiro atoms. The van der Waals surface area contributed by atoms with E-state index in [9.17, 15) is 9.59 Å². The monoisotopic (exact) mass is 367 g/mol. The van der Waals surface area contributed by atoms with Gasteiger partial charge in [-0.25, -0.2) is 0 Å². The van der Waals surface area contributed by atoms with Gasteiger partial charge in [0.05, 0.1) is 5.69 Å². The highest BCUT2D eigenvalue weighted by Gasteiger charge is 2.24. The molecular formula is C16H22BrN3O2. The lowest BCUT2D eigenvalue weighted by Gasteiger charge is -2.22. The van der Waals surface area contributed by atoms with Crippen LogP contribution in [0.3, 0.4) is 0 Å². The molecule has 1 heterocycles. The summed E-state index contributed by atoms with van der Waals surface area (Å²) in [4.78, 5) is 26.2. The van der Waals surface area contributed by atoms with E-state index in [1.165, 1.54) is 0 Å². The van der Waals surface area contributed by atoms with Crippen LogP contribution >= 0.6 is 15.9 Å². The molecule has 1 saturated heterocycles. The van der Waals surface area contributed by atoms with Gasteiger partial charge >= 0.3 is 11.8 Å². The zero-order valence-corrected chi connectivity index (χ0v) is 14.6. The maximum absolute atomic E-state index is 11.9. The van der Waals surface area contributed by atoms with E-state index in [0.29, 0.717) is 18.3 Å². The number of aryl methyl sites for hydroxylation is 1. The van der Waals surface area contributed by atoms with Gasteiger partial charge < -0.3 is 10.6 Å². The standard InChI is InChI=1S/C16H22BrN3O2/c1-3-20-8-4-5-12(20)10-18-15(21)16(22)19-14-7-6-11(2)9-13(14)17/h6-7,9,12H,3-5,8,10H2,1-2H3,(H,18,21)(H,19,22)/t12-/m1/s1. The number of rotatable bonds is 4. The molecule has 1 aliphatic heterocycles. The molecule has 0 aliphatic carbocycles. The minimum Gasteiger partial charge on any atom is -0.346 e. The third-order valence-electron chi connectivity index (χ3n) is 3.98. The molecule has 0 aromatic heterocycles. The van der Waals surface area contributed by atoms with Gasteiger partial charge in [-0.15, -0.1) is 0 Å². The Bertz CT molecular complexity index is 562. The number of anilines is 1. The molecule has 0 saturated carbocycles. The molecule has 6 heteroatoms. The Balaban J connectivity index is 1.85. The van der Waals surface area contributed by atoms with Gasteiger partial charge in [-0.05, 0) is 66.5 Å². The van der Waals surface area contributed by atoms with E-state index in [-0.39, 0.29) is 0 Å². The summed E-state index contributed by atoms with van der Waals surface area (Å²) in [5.41, 5.74) is 1.68. The second kappa shape index (κ2) is 7.74. The Morgan fingerprint density at radius 3 is 2.82 bits per heavy atom. The Morgan fingerprint density at radius 2 is 2.14 bits per heavy atom. The van der Waals surface area contributed by atoms with Crippen molar-refractivity contribution in [2.45, 2.75) is 32.7 Å². The van der Waals surface area contributed by atoms with Gasteiger partial charge in [0.1, 0.15) is 0 Å². The summed E-state index contributed by atoms with van der Waals surface area (Å²) in [6, 6.07) is 5.90. The van der Waals surface area contributed by atoms with Crippen molar-refractivity contribution in [1.82, 2.24) is 10.2 Å². The Hall–Kier alpha value is -1.40. The number of amides is 2. The van der Waals surface area contributed by atoms with Crippen molar-refractivity contribution >= 4 is 33.4 Å². The number of carbonyl (C=O) groups is 2. The number of carbonyl (C=O) groups excluding carboxylic acids is 2. The van der Waals surface area contributed by atoms with Gasteiger partial charge in [0.2, 0.25) is 0 Å². The Morgan fingerprint density at radius 1 is 1.36 bits per heavy atom. The lowest BCUT2D eigenvalue weighted by Crippen LogP contribution is -2.43. The fourth-order valence-electron chi connectivity index (χ4n) is 2.73. The van der Waals surface area contributed by atoms with Crippen LogP contribution < -0.4 is 10.6 Å². The van der Waals surface area contributed by atoms with Crippen LogP contribution in [-0.2, 0) is 9.59 Å². The number of nitrogens with zero attached hydrogens (tertiary/aromatic N) is 1. The number of nitrogens with one attached hydrogen (secondary N) is 2. The number of benzene rings is 1. The summed E-state index contributed by atoms with van der Waals surface area (Å²) in [6.07, 6.45) is 2.22. The van der Waals surface area contributed by atoms with Crippen molar-refractivity contribution < 1.29 is 9.59 Å². The summed E-state index contributed by atoms with van der Waals surface area (Å²) in [6.45, 7) is 6.64. The van der Waals surface area contributed by atoms with Crippen LogP contribution in [0, 0.1) is 6.92 Å². The highest BCUT2D eigenvalue weighted by molar-refractivity contribution is 9.10. The normalized spacial score (nSPS) is 18.2. The summed E-state index contributed by atoms with van der Waals surface area (Å²) >= 11 is 3.38. The minimum atomic E-state index is -0.634. The summed E-state index contributed by atoms with van der Waals surface area (Å²) < 4.78 is 0.765. The van der Waals surface area contributed by atoms with Gasteiger partial charge in [0.25, 0.3) is 0 Å². The van der Waals surface area contributed by atoms with E-state index in [1.54, 1.807) is 6.07 Å². The van der Waals surface area contributed by atoms with Crippen LogP contribution in [0.2, 0.25) is 0 Å². The number of hydrogen-bond donors (Lipinski definition) is 2. The average molecular weight is 368 g/mol. The molecule has 2 amide bonds. The molecule has 1 aromatic rings. The van der Waals surface area contributed by atoms with Crippen LogP contribution in [0.15, 0.2) is 22.7 Å². The lowest BCUT2D eigenvalue weighted by atomic mass is 10.2. The van der Waals surface area contributed by atoms with Gasteiger partial charge in [-0.3, -0.25) is 14.5 Å². The minimum absolute atomic E-state index is 0.341. The molecule has 22 heavy (non-hydrogen) atoms. The van der Waals surface area contributed by atoms with Gasteiger partial charge in [0, 0.05) is 17.1 Å². The first-order valence-corrected chi connectivity index (χ1v) is 8.40. The van der Waals surface area contributed by atoms with Crippen molar-refractivity contribution in [3.63, 3.8) is 0 Å². The summed E-state index contributed by atoms with van der Waals surface area (Å²) in [7, 11) is 0. The molecule has 0 bridgehead atoms. The molecule has 2 rings (SSSR count). The van der Waals surface area contributed by atoms with Crippen LogP contribution in [0.1, 0.15) is 25.3 Å². The molecule has 1 aliphatic rings. The van der Waals surface area contributed by atoms with E-state index in [2.05, 4.69) is 38.4 Å². The lowest BCUT2D eigenvalue weighted by molar-refractivity contribution is -0.136. The first-order chi connectivity index (χ1) is 10.5. The maximum Gasteiger partial charge on any atom is 0.313 e. The largest absolute Gasteiger partial charge is 0.346 e. The molecule has 1 fully saturated rings. The van der Waals surface area contributed by atoms with E-state index >= 15 is 0 Å². The first kappa shape index (κ1) is 17.0. The third-order valence-corrected chi connectivity index (χ3v) is 4.64. The maximum atomic E-state index is 11.9. The quantitative estimate of drug-likeness (QED) is 0.802. The van der Waals surface area contributed by atoms with Crippen LogP contribution in [0.5, 0.6) is 0 Å². The Kier molecular flexibility index (Phi) is 5.97. The van der Waals surface area contributed by atoms with E-state index < -0.39 is 11.8 Å². The van der Waals surface area contributed by atoms with Crippen LogP contribution in [0.25, 0.3) is 0 Å². The predicted octanol–water partition coefficient (Wildman–Crippen LogP) is 2.30. The van der Waals surface area contributed by atoms with Gasteiger partial charge in [-0.1, -0.05) is 13.0 Å². The van der Waals surface area contributed by atoms with Crippen LogP contribution in [0.4, 0.5) is 5.69 Å². The highest BCUT2D eigenvalue weighted by atomic mass is 79.9. The number of halogens is 1. The summed E-state index contributed by atoms with van der Waals surface area (Å²) in [5, 5.41) is 5.36. The summed E-state index contributed by atoms with van der Waals surface area (Å²) in [5.74, 6) is -1.22. The topological polar surface area (TPSA) is 61.4 Å². The van der Waals surface area contributed by atoms with E-state index in [0.717, 1.165) is 36.0 Å². The Labute approximate surface area is 139 Å². The number of likely N-dealkylation sites (N-methyl/N-ethyl adjacent to an activating group) is 1. The predicted molar refractivity (Wildman–Crippen MR) is 90.8 cm³/mol. The second-order valence-electron chi connectivity index (χ2n) is 5.57. The van der Waals surface area contributed by atoms with Crippen molar-refractivity contribution in [2.75, 3.05) is 25.0 Å². The van der Waals surface area contributed by atoms with E-state index in [1.807, 2.05) is 19.1 Å². The van der Waals surface area contributed by atoms with Crippen molar-refractivity contribution in [3.8, 4) is 0 Å². The number of likely N-dealkylation sites (tertiary alicyclic amines) is 1. The molecule has 1 atom stereocenters. The highest BCUT2D eigenvalue weighted by Crippen LogP contribution is 2.23. The molecule has 5 nitrogen and oxygen atoms in total. The smallest absolute Gasteiger partial charge is 0.313 e. The van der Waals surface area contributed by atoms with Crippen LogP contribution in [-0.4, -0.2) is 42.4 Å². The van der Waals surface area contributed by atoms with Gasteiger partial charge in [-0.2, -0.15) is 0 Å². The van der Waals surface area contributed by atoms with Crippen molar-refractivity contribution in [3.05, 3.63) is 28.2 Å². The average Bonchev–Trinajstić information content (AvgIpc) is 2.95. The van der Waals surface area contributed by atoms with E-state index in [4.69, 9.17) is 0 Å². The first-order valence-electron chi connectivity index (χ1n) is 7.60. The molecule has 0 radical (unpaired) electrons. The second-order valence-corrected chi connectivity index (χ2v) is 6.43. The van der Waals surface area contributed by atoms with Crippen molar-refractivity contribution in [2.24, 2.45) is 0 Å². The van der Waals surface area contributed by atoms with Gasteiger partial charge in [0.15, 0.2) is 0 Å². The van der Waals surface area contributed by atoms with Crippen molar-refractivity contribution in [1.29, 1.82) is 0 Å². The molecular weight excluding hydrogens is 346 g/mol. The number of hydrogen-bond acceptors (Lipinski definition) is 3.